The zero-order valence-electron chi connectivity index (χ0n) is 18.8. The van der Waals surface area contributed by atoms with Crippen LogP contribution in [0.4, 0.5) is 13.2 Å². The Labute approximate surface area is 195 Å². The molecule has 3 rings (SSSR count). The number of alkyl halides is 3. The van der Waals surface area contributed by atoms with Crippen molar-refractivity contribution in [3.8, 4) is 11.5 Å². The first-order valence-electron chi connectivity index (χ1n) is 10.9. The van der Waals surface area contributed by atoms with Crippen LogP contribution in [0, 0.1) is 5.92 Å². The van der Waals surface area contributed by atoms with Gasteiger partial charge in [0, 0.05) is 12.1 Å². The number of aromatic hydroxyl groups is 1. The molecule has 1 heterocycles. The van der Waals surface area contributed by atoms with Crippen molar-refractivity contribution in [3.05, 3.63) is 59.2 Å². The third-order valence-electron chi connectivity index (χ3n) is 6.04. The van der Waals surface area contributed by atoms with Gasteiger partial charge in [0.15, 0.2) is 17.3 Å². The van der Waals surface area contributed by atoms with Crippen molar-refractivity contribution in [1.82, 2.24) is 10.2 Å². The predicted molar refractivity (Wildman–Crippen MR) is 119 cm³/mol. The Balaban J connectivity index is 1.46. The number of amides is 1. The third kappa shape index (κ3) is 6.48. The van der Waals surface area contributed by atoms with Crippen molar-refractivity contribution in [2.24, 2.45) is 11.7 Å². The van der Waals surface area contributed by atoms with E-state index in [2.05, 4.69) is 10.2 Å². The fourth-order valence-corrected chi connectivity index (χ4v) is 4.05. The van der Waals surface area contributed by atoms with Crippen LogP contribution in [0.3, 0.4) is 0 Å². The summed E-state index contributed by atoms with van der Waals surface area (Å²) in [5, 5.41) is 12.3. The maximum atomic E-state index is 12.8. The summed E-state index contributed by atoms with van der Waals surface area (Å²) in [6, 6.07) is 8.51. The van der Waals surface area contributed by atoms with E-state index in [1.807, 2.05) is 6.07 Å². The number of methoxy groups -OCH3 is 1. The summed E-state index contributed by atoms with van der Waals surface area (Å²) in [5.74, 6) is -0.691. The molecule has 184 valence electrons. The van der Waals surface area contributed by atoms with Gasteiger partial charge in [-0.15, -0.1) is 0 Å². The van der Waals surface area contributed by atoms with Crippen molar-refractivity contribution < 1.29 is 32.6 Å². The maximum Gasteiger partial charge on any atom is 0.416 e. The number of carbonyl (C=O) groups is 2. The number of hydrogen-bond donors (Lipinski definition) is 3. The Kier molecular flexibility index (Phi) is 8.16. The van der Waals surface area contributed by atoms with Gasteiger partial charge in [-0.25, -0.2) is 0 Å². The Morgan fingerprint density at radius 1 is 1.21 bits per heavy atom. The number of ketones is 1. The number of nitrogens with zero attached hydrogens (tertiary/aromatic N) is 1. The van der Waals surface area contributed by atoms with E-state index < -0.39 is 23.7 Å². The van der Waals surface area contributed by atoms with Crippen LogP contribution >= 0.6 is 0 Å². The fraction of sp³-hybridized carbons (Fsp3) is 0.417. The number of piperidine rings is 1. The highest BCUT2D eigenvalue weighted by Gasteiger charge is 2.31. The van der Waals surface area contributed by atoms with Gasteiger partial charge in [-0.1, -0.05) is 12.1 Å². The lowest BCUT2D eigenvalue weighted by atomic mass is 9.87. The summed E-state index contributed by atoms with van der Waals surface area (Å²) in [7, 11) is 1.49. The fourth-order valence-electron chi connectivity index (χ4n) is 4.05. The second-order valence-corrected chi connectivity index (χ2v) is 8.37. The highest BCUT2D eigenvalue weighted by atomic mass is 19.4. The molecule has 1 atom stereocenters. The summed E-state index contributed by atoms with van der Waals surface area (Å²) in [5.41, 5.74) is 5.97. The van der Waals surface area contributed by atoms with Gasteiger partial charge >= 0.3 is 6.18 Å². The van der Waals surface area contributed by atoms with E-state index in [1.54, 1.807) is 12.1 Å². The molecule has 1 fully saturated rings. The minimum Gasteiger partial charge on any atom is -0.504 e. The van der Waals surface area contributed by atoms with Gasteiger partial charge in [-0.3, -0.25) is 14.5 Å². The number of halogens is 3. The second-order valence-electron chi connectivity index (χ2n) is 8.37. The average Bonchev–Trinajstić information content (AvgIpc) is 2.82. The molecule has 2 aromatic rings. The van der Waals surface area contributed by atoms with Crippen LogP contribution in [0.2, 0.25) is 0 Å². The van der Waals surface area contributed by atoms with Gasteiger partial charge in [-0.05, 0) is 67.7 Å². The first-order valence-corrected chi connectivity index (χ1v) is 10.9. The van der Waals surface area contributed by atoms with Gasteiger partial charge in [0.25, 0.3) is 5.91 Å². The zero-order chi connectivity index (χ0) is 24.9. The van der Waals surface area contributed by atoms with Crippen molar-refractivity contribution >= 4 is 11.7 Å². The number of hydrogen-bond acceptors (Lipinski definition) is 6. The van der Waals surface area contributed by atoms with Crippen LogP contribution < -0.4 is 15.8 Å². The van der Waals surface area contributed by atoms with E-state index in [0.717, 1.165) is 36.9 Å². The van der Waals surface area contributed by atoms with Gasteiger partial charge in [-0.2, -0.15) is 13.2 Å². The van der Waals surface area contributed by atoms with E-state index in [0.29, 0.717) is 25.1 Å². The molecule has 1 unspecified atom stereocenters. The van der Waals surface area contributed by atoms with Crippen LogP contribution in [-0.2, 0) is 17.5 Å². The van der Waals surface area contributed by atoms with Gasteiger partial charge in [0.05, 0.1) is 25.3 Å². The largest absolute Gasteiger partial charge is 0.504 e. The van der Waals surface area contributed by atoms with Crippen molar-refractivity contribution in [2.75, 3.05) is 26.7 Å². The highest BCUT2D eigenvalue weighted by Crippen LogP contribution is 2.30. The maximum absolute atomic E-state index is 12.8. The van der Waals surface area contributed by atoms with Gasteiger partial charge in [0.2, 0.25) is 0 Å². The van der Waals surface area contributed by atoms with E-state index >= 15 is 0 Å². The molecular formula is C24H28F3N3O4. The van der Waals surface area contributed by atoms with Gasteiger partial charge < -0.3 is 20.9 Å². The summed E-state index contributed by atoms with van der Waals surface area (Å²) in [4.78, 5) is 26.9. The number of rotatable bonds is 8. The Bertz CT molecular complexity index is 1020. The van der Waals surface area contributed by atoms with Crippen molar-refractivity contribution in [2.45, 2.75) is 31.6 Å². The molecule has 0 radical (unpaired) electrons. The molecule has 1 aliphatic rings. The summed E-state index contributed by atoms with van der Waals surface area (Å²) in [6.45, 7) is 1.73. The highest BCUT2D eigenvalue weighted by molar-refractivity contribution is 5.97. The third-order valence-corrected chi connectivity index (χ3v) is 6.04. The molecule has 1 amide bonds. The lowest BCUT2D eigenvalue weighted by Crippen LogP contribution is -2.47. The Morgan fingerprint density at radius 3 is 2.53 bits per heavy atom. The van der Waals surface area contributed by atoms with Crippen LogP contribution in [0.15, 0.2) is 42.5 Å². The molecule has 0 bridgehead atoms. The van der Waals surface area contributed by atoms with Crippen LogP contribution in [0.25, 0.3) is 0 Å². The second kappa shape index (κ2) is 10.9. The molecule has 0 spiro atoms. The number of likely N-dealkylation sites (tertiary alicyclic amines) is 1. The van der Waals surface area contributed by atoms with Crippen LogP contribution in [0.1, 0.15) is 34.3 Å². The Hall–Kier alpha value is -3.11. The van der Waals surface area contributed by atoms with E-state index in [9.17, 15) is 27.9 Å². The minimum atomic E-state index is -4.56. The Morgan fingerprint density at radius 2 is 1.91 bits per heavy atom. The number of ether oxygens (including phenoxy) is 1. The zero-order valence-corrected chi connectivity index (χ0v) is 18.8. The molecule has 34 heavy (non-hydrogen) atoms. The average molecular weight is 479 g/mol. The lowest BCUT2D eigenvalue weighted by Gasteiger charge is -2.34. The van der Waals surface area contributed by atoms with Gasteiger partial charge in [0.1, 0.15) is 0 Å². The number of carbonyl (C=O) groups excluding carboxylic acids is 2. The topological polar surface area (TPSA) is 105 Å². The van der Waals surface area contributed by atoms with Crippen molar-refractivity contribution in [3.63, 3.8) is 0 Å². The van der Waals surface area contributed by atoms with Crippen molar-refractivity contribution in [1.29, 1.82) is 0 Å². The molecular weight excluding hydrogens is 451 g/mol. The molecule has 7 nitrogen and oxygen atoms in total. The van der Waals surface area contributed by atoms with E-state index in [1.165, 1.54) is 13.2 Å². The lowest BCUT2D eigenvalue weighted by molar-refractivity contribution is -0.137. The first kappa shape index (κ1) is 25.5. The van der Waals surface area contributed by atoms with E-state index in [-0.39, 0.29) is 29.6 Å². The van der Waals surface area contributed by atoms with E-state index in [4.69, 9.17) is 10.5 Å². The quantitative estimate of drug-likeness (QED) is 0.538. The molecule has 0 aliphatic carbocycles. The summed E-state index contributed by atoms with van der Waals surface area (Å²) >= 11 is 0. The summed E-state index contributed by atoms with van der Waals surface area (Å²) < 4.78 is 43.6. The number of Topliss-reactive ketones (excluding diaryl/α,β-unsaturated/α-hetero) is 1. The van der Waals surface area contributed by atoms with Crippen LogP contribution in [0.5, 0.6) is 11.5 Å². The first-order chi connectivity index (χ1) is 16.1. The number of nitrogens with two attached hydrogens (primary N) is 1. The molecule has 0 aromatic heterocycles. The minimum absolute atomic E-state index is 0.0570. The summed E-state index contributed by atoms with van der Waals surface area (Å²) in [6.07, 6.45) is -3.18. The smallest absolute Gasteiger partial charge is 0.416 e. The number of phenols is 1. The number of benzene rings is 2. The molecule has 4 N–H and O–H groups in total. The molecule has 1 saturated heterocycles. The standard InChI is InChI=1S/C24H28F3N3O4/c1-34-21-6-5-15(11-19(21)31)14-30-9-7-16(8-10-30)22(28)20(32)13-29-23(33)17-3-2-4-18(12-17)24(25,26)27/h2-6,11-12,16,22,31H,7-10,13-14,28H2,1H3,(H,29,33). The molecule has 1 aliphatic heterocycles. The molecule has 0 saturated carbocycles. The van der Waals surface area contributed by atoms with Crippen LogP contribution in [-0.4, -0.2) is 54.5 Å². The number of phenolic OH excluding ortho intramolecular Hbond substituents is 1. The monoisotopic (exact) mass is 479 g/mol. The SMILES string of the molecule is COc1ccc(CN2CCC(C(N)C(=O)CNC(=O)c3cccc(C(F)(F)F)c3)CC2)cc1O. The molecule has 10 heteroatoms. The number of nitrogens with one attached hydrogen (secondary N) is 1. The predicted octanol–water partition coefficient (Wildman–Crippen LogP) is 2.96. The normalized spacial score (nSPS) is 16.1. The molecule has 2 aromatic carbocycles.